The lowest BCUT2D eigenvalue weighted by Gasteiger charge is -2.23. The molecular formula is C13H22ClN3. The van der Waals surface area contributed by atoms with Crippen LogP contribution < -0.4 is 4.90 Å². The highest BCUT2D eigenvalue weighted by molar-refractivity contribution is 6.29. The average Bonchev–Trinajstić information content (AvgIpc) is 2.28. The van der Waals surface area contributed by atoms with E-state index < -0.39 is 0 Å². The number of halogens is 1. The van der Waals surface area contributed by atoms with Gasteiger partial charge in [0, 0.05) is 25.1 Å². The van der Waals surface area contributed by atoms with Gasteiger partial charge in [0.1, 0.15) is 16.8 Å². The molecule has 96 valence electrons. The molecule has 1 aromatic heterocycles. The molecule has 0 radical (unpaired) electrons. The summed E-state index contributed by atoms with van der Waals surface area (Å²) in [5.74, 6) is 2.08. The molecule has 1 aromatic rings. The lowest BCUT2D eigenvalue weighted by Crippen LogP contribution is -2.26. The summed E-state index contributed by atoms with van der Waals surface area (Å²) in [6.07, 6.45) is 2.22. The van der Waals surface area contributed by atoms with Crippen LogP contribution in [0, 0.1) is 0 Å². The molecule has 0 aromatic carbocycles. The lowest BCUT2D eigenvalue weighted by atomic mass is 10.2. The van der Waals surface area contributed by atoms with Gasteiger partial charge in [-0.3, -0.25) is 0 Å². The Morgan fingerprint density at radius 1 is 1.18 bits per heavy atom. The topological polar surface area (TPSA) is 29.0 Å². The molecule has 0 spiro atoms. The van der Waals surface area contributed by atoms with Crippen LogP contribution >= 0.6 is 11.6 Å². The van der Waals surface area contributed by atoms with Gasteiger partial charge in [-0.15, -0.1) is 0 Å². The smallest absolute Gasteiger partial charge is 0.135 e. The van der Waals surface area contributed by atoms with Gasteiger partial charge in [-0.25, -0.2) is 9.97 Å². The zero-order valence-corrected chi connectivity index (χ0v) is 12.0. The summed E-state index contributed by atoms with van der Waals surface area (Å²) in [6.45, 7) is 10.5. The summed E-state index contributed by atoms with van der Waals surface area (Å²) in [6, 6.07) is 1.86. The molecule has 0 bridgehead atoms. The summed E-state index contributed by atoms with van der Waals surface area (Å²) in [5, 5.41) is 0.538. The van der Waals surface area contributed by atoms with E-state index in [1.807, 2.05) is 6.07 Å². The van der Waals surface area contributed by atoms with E-state index in [1.54, 1.807) is 0 Å². The van der Waals surface area contributed by atoms with Gasteiger partial charge in [0.05, 0.1) is 0 Å². The first kappa shape index (κ1) is 14.2. The normalized spacial score (nSPS) is 10.9. The highest BCUT2D eigenvalue weighted by atomic mass is 35.5. The maximum Gasteiger partial charge on any atom is 0.135 e. The Hall–Kier alpha value is -0.830. The zero-order chi connectivity index (χ0) is 12.8. The molecule has 0 aliphatic rings. The van der Waals surface area contributed by atoms with Crippen LogP contribution in [-0.4, -0.2) is 23.1 Å². The van der Waals surface area contributed by atoms with Gasteiger partial charge in [-0.05, 0) is 12.8 Å². The minimum Gasteiger partial charge on any atom is -0.356 e. The molecule has 3 nitrogen and oxygen atoms in total. The maximum absolute atomic E-state index is 6.06. The molecule has 0 saturated heterocycles. The summed E-state index contributed by atoms with van der Waals surface area (Å²) in [4.78, 5) is 11.1. The molecular weight excluding hydrogens is 234 g/mol. The number of hydrogen-bond donors (Lipinski definition) is 0. The number of anilines is 1. The summed E-state index contributed by atoms with van der Waals surface area (Å²) < 4.78 is 0. The van der Waals surface area contributed by atoms with E-state index in [4.69, 9.17) is 11.6 Å². The predicted molar refractivity (Wildman–Crippen MR) is 73.9 cm³/mol. The van der Waals surface area contributed by atoms with Crippen molar-refractivity contribution in [1.29, 1.82) is 0 Å². The molecule has 0 amide bonds. The Balaban J connectivity index is 3.00. The van der Waals surface area contributed by atoms with Crippen molar-refractivity contribution >= 4 is 17.4 Å². The van der Waals surface area contributed by atoms with E-state index >= 15 is 0 Å². The number of hydrogen-bond acceptors (Lipinski definition) is 3. The fourth-order valence-electron chi connectivity index (χ4n) is 1.72. The van der Waals surface area contributed by atoms with Crippen molar-refractivity contribution in [3.63, 3.8) is 0 Å². The van der Waals surface area contributed by atoms with E-state index in [0.29, 0.717) is 11.1 Å². The van der Waals surface area contributed by atoms with E-state index in [2.05, 4.69) is 42.6 Å². The van der Waals surface area contributed by atoms with Gasteiger partial charge in [0.25, 0.3) is 0 Å². The van der Waals surface area contributed by atoms with Crippen molar-refractivity contribution in [2.45, 2.75) is 46.5 Å². The van der Waals surface area contributed by atoms with E-state index in [1.165, 1.54) is 0 Å². The first-order valence-electron chi connectivity index (χ1n) is 6.37. The second kappa shape index (κ2) is 6.80. The second-order valence-electron chi connectivity index (χ2n) is 4.55. The van der Waals surface area contributed by atoms with Crippen molar-refractivity contribution in [3.8, 4) is 0 Å². The fraction of sp³-hybridized carbons (Fsp3) is 0.692. The molecule has 0 unspecified atom stereocenters. The van der Waals surface area contributed by atoms with Crippen LogP contribution in [-0.2, 0) is 0 Å². The largest absolute Gasteiger partial charge is 0.356 e. The van der Waals surface area contributed by atoms with E-state index in [0.717, 1.165) is 37.6 Å². The maximum atomic E-state index is 6.06. The number of rotatable bonds is 6. The summed E-state index contributed by atoms with van der Waals surface area (Å²) in [7, 11) is 0. The Morgan fingerprint density at radius 2 is 1.76 bits per heavy atom. The van der Waals surface area contributed by atoms with Crippen molar-refractivity contribution in [2.75, 3.05) is 18.0 Å². The van der Waals surface area contributed by atoms with Crippen LogP contribution in [0.2, 0.25) is 5.15 Å². The summed E-state index contributed by atoms with van der Waals surface area (Å²) >= 11 is 6.06. The molecule has 17 heavy (non-hydrogen) atoms. The van der Waals surface area contributed by atoms with Crippen LogP contribution in [0.25, 0.3) is 0 Å². The standard InChI is InChI=1S/C13H22ClN3/c1-5-7-17(8-6-2)12-9-11(14)15-13(16-12)10(3)4/h9-10H,5-8H2,1-4H3. The van der Waals surface area contributed by atoms with Gasteiger partial charge in [-0.1, -0.05) is 39.3 Å². The van der Waals surface area contributed by atoms with E-state index in [-0.39, 0.29) is 0 Å². The zero-order valence-electron chi connectivity index (χ0n) is 11.2. The van der Waals surface area contributed by atoms with Crippen LogP contribution in [0.4, 0.5) is 5.82 Å². The van der Waals surface area contributed by atoms with Crippen molar-refractivity contribution in [1.82, 2.24) is 9.97 Å². The van der Waals surface area contributed by atoms with Gasteiger partial charge in [-0.2, -0.15) is 0 Å². The molecule has 0 aliphatic heterocycles. The minimum absolute atomic E-state index is 0.303. The molecule has 1 heterocycles. The quantitative estimate of drug-likeness (QED) is 0.723. The van der Waals surface area contributed by atoms with Crippen LogP contribution in [0.1, 0.15) is 52.3 Å². The molecule has 0 aliphatic carbocycles. The van der Waals surface area contributed by atoms with Gasteiger partial charge < -0.3 is 4.90 Å². The third-order valence-corrected chi connectivity index (χ3v) is 2.72. The van der Waals surface area contributed by atoms with E-state index in [9.17, 15) is 0 Å². The SMILES string of the molecule is CCCN(CCC)c1cc(Cl)nc(C(C)C)n1. The molecule has 0 fully saturated rings. The highest BCUT2D eigenvalue weighted by Gasteiger charge is 2.11. The minimum atomic E-state index is 0.303. The van der Waals surface area contributed by atoms with Gasteiger partial charge in [0.15, 0.2) is 0 Å². The molecule has 1 rings (SSSR count). The van der Waals surface area contributed by atoms with Gasteiger partial charge >= 0.3 is 0 Å². The van der Waals surface area contributed by atoms with Crippen molar-refractivity contribution < 1.29 is 0 Å². The third kappa shape index (κ3) is 4.15. The molecule has 0 saturated carbocycles. The Labute approximate surface area is 109 Å². The van der Waals surface area contributed by atoms with Crippen molar-refractivity contribution in [2.24, 2.45) is 0 Å². The number of aromatic nitrogens is 2. The van der Waals surface area contributed by atoms with Crippen LogP contribution in [0.15, 0.2) is 6.07 Å². The Kier molecular flexibility index (Phi) is 5.69. The highest BCUT2D eigenvalue weighted by Crippen LogP contribution is 2.20. The average molecular weight is 256 g/mol. The van der Waals surface area contributed by atoms with Gasteiger partial charge in [0.2, 0.25) is 0 Å². The number of nitrogens with zero attached hydrogens (tertiary/aromatic N) is 3. The monoisotopic (exact) mass is 255 g/mol. The Bertz CT molecular complexity index is 347. The van der Waals surface area contributed by atoms with Crippen molar-refractivity contribution in [3.05, 3.63) is 17.0 Å². The first-order valence-corrected chi connectivity index (χ1v) is 6.75. The third-order valence-electron chi connectivity index (χ3n) is 2.53. The van der Waals surface area contributed by atoms with Crippen LogP contribution in [0.5, 0.6) is 0 Å². The molecule has 4 heteroatoms. The fourth-order valence-corrected chi connectivity index (χ4v) is 1.91. The Morgan fingerprint density at radius 3 is 2.24 bits per heavy atom. The second-order valence-corrected chi connectivity index (χ2v) is 4.94. The lowest BCUT2D eigenvalue weighted by molar-refractivity contribution is 0.713. The first-order chi connectivity index (χ1) is 8.08. The van der Waals surface area contributed by atoms with Crippen LogP contribution in [0.3, 0.4) is 0 Å². The predicted octanol–water partition coefficient (Wildman–Crippen LogP) is 3.88. The summed E-state index contributed by atoms with van der Waals surface area (Å²) in [5.41, 5.74) is 0. The molecule has 0 N–H and O–H groups in total. The molecule has 0 atom stereocenters.